The van der Waals surface area contributed by atoms with Gasteiger partial charge in [0.1, 0.15) is 5.69 Å². The summed E-state index contributed by atoms with van der Waals surface area (Å²) in [5.74, 6) is -0.854. The molecule has 9 heteroatoms. The van der Waals surface area contributed by atoms with Gasteiger partial charge in [-0.2, -0.15) is 5.10 Å². The van der Waals surface area contributed by atoms with Gasteiger partial charge in [-0.3, -0.25) is 9.48 Å². The van der Waals surface area contributed by atoms with Crippen LogP contribution in [0.3, 0.4) is 0 Å². The fourth-order valence-electron chi connectivity index (χ4n) is 4.13. The van der Waals surface area contributed by atoms with E-state index in [1.165, 1.54) is 14.2 Å². The molecule has 1 aromatic carbocycles. The third-order valence-corrected chi connectivity index (χ3v) is 6.10. The zero-order chi connectivity index (χ0) is 23.6. The summed E-state index contributed by atoms with van der Waals surface area (Å²) in [7, 11) is 4.45. The van der Waals surface area contributed by atoms with Crippen molar-refractivity contribution in [3.8, 4) is 11.3 Å². The lowest BCUT2D eigenvalue weighted by atomic mass is 10.00. The van der Waals surface area contributed by atoms with Gasteiger partial charge >= 0.3 is 11.9 Å². The minimum atomic E-state index is -0.493. The van der Waals surface area contributed by atoms with Crippen LogP contribution in [0.2, 0.25) is 5.02 Å². The van der Waals surface area contributed by atoms with E-state index in [2.05, 4.69) is 5.10 Å². The molecule has 0 radical (unpaired) electrons. The van der Waals surface area contributed by atoms with Gasteiger partial charge in [0.15, 0.2) is 0 Å². The van der Waals surface area contributed by atoms with Gasteiger partial charge < -0.3 is 19.1 Å². The molecule has 0 aliphatic carbocycles. The Morgan fingerprint density at radius 2 is 1.91 bits per heavy atom. The lowest BCUT2D eigenvalue weighted by Gasteiger charge is -2.13. The fraction of sp³-hybridized carbons (Fsp3) is 0.435. The van der Waals surface area contributed by atoms with Gasteiger partial charge in [-0.05, 0) is 43.9 Å². The van der Waals surface area contributed by atoms with Crippen molar-refractivity contribution >= 4 is 34.4 Å². The molecular formula is C23H28ClN3O5. The summed E-state index contributed by atoms with van der Waals surface area (Å²) in [4.78, 5) is 24.5. The number of aromatic nitrogens is 3. The van der Waals surface area contributed by atoms with Gasteiger partial charge in [0.05, 0.1) is 36.1 Å². The molecule has 0 saturated heterocycles. The highest BCUT2D eigenvalue weighted by atomic mass is 35.5. The molecule has 8 nitrogen and oxygen atoms in total. The largest absolute Gasteiger partial charge is 0.469 e. The monoisotopic (exact) mass is 461 g/mol. The van der Waals surface area contributed by atoms with Crippen LogP contribution in [0.25, 0.3) is 22.2 Å². The molecule has 0 fully saturated rings. The molecule has 172 valence electrons. The van der Waals surface area contributed by atoms with Crippen LogP contribution in [0.4, 0.5) is 0 Å². The van der Waals surface area contributed by atoms with Crippen LogP contribution in [0.1, 0.15) is 40.2 Å². The minimum Gasteiger partial charge on any atom is -0.469 e. The predicted molar refractivity (Wildman–Crippen MR) is 122 cm³/mol. The normalized spacial score (nSPS) is 11.2. The first-order valence-corrected chi connectivity index (χ1v) is 10.7. The smallest absolute Gasteiger partial charge is 0.354 e. The summed E-state index contributed by atoms with van der Waals surface area (Å²) in [5, 5.41) is 15.3. The highest BCUT2D eigenvalue weighted by Gasteiger charge is 2.27. The zero-order valence-corrected chi connectivity index (χ0v) is 19.7. The minimum absolute atomic E-state index is 0.0453. The Morgan fingerprint density at radius 3 is 2.53 bits per heavy atom. The van der Waals surface area contributed by atoms with Crippen LogP contribution in [0, 0.1) is 13.8 Å². The summed E-state index contributed by atoms with van der Waals surface area (Å²) in [6, 6.07) is 3.65. The number of hydrogen-bond acceptors (Lipinski definition) is 6. The number of carbonyl (C=O) groups excluding carboxylic acids is 2. The topological polar surface area (TPSA) is 95.6 Å². The molecular weight excluding hydrogens is 434 g/mol. The van der Waals surface area contributed by atoms with Crippen LogP contribution in [-0.4, -0.2) is 52.2 Å². The van der Waals surface area contributed by atoms with Crippen molar-refractivity contribution < 1.29 is 24.2 Å². The quantitative estimate of drug-likeness (QED) is 0.515. The zero-order valence-electron chi connectivity index (χ0n) is 19.0. The van der Waals surface area contributed by atoms with Crippen molar-refractivity contribution in [3.63, 3.8) is 0 Å². The molecule has 0 unspecified atom stereocenters. The van der Waals surface area contributed by atoms with Gasteiger partial charge in [-0.1, -0.05) is 17.7 Å². The number of hydrogen-bond donors (Lipinski definition) is 1. The first kappa shape index (κ1) is 23.8. The van der Waals surface area contributed by atoms with Crippen molar-refractivity contribution in [2.45, 2.75) is 39.7 Å². The number of nitrogens with zero attached hydrogens (tertiary/aromatic N) is 3. The van der Waals surface area contributed by atoms with E-state index in [0.717, 1.165) is 33.4 Å². The molecule has 0 spiro atoms. The number of rotatable bonds is 8. The van der Waals surface area contributed by atoms with E-state index in [0.29, 0.717) is 35.7 Å². The number of fused-ring (bicyclic) bond motifs is 1. The van der Waals surface area contributed by atoms with E-state index in [9.17, 15) is 14.7 Å². The van der Waals surface area contributed by atoms with Gasteiger partial charge in [-0.15, -0.1) is 0 Å². The van der Waals surface area contributed by atoms with E-state index in [1.54, 1.807) is 17.7 Å². The van der Waals surface area contributed by atoms with Crippen LogP contribution >= 0.6 is 11.6 Å². The first-order chi connectivity index (χ1) is 15.3. The summed E-state index contributed by atoms with van der Waals surface area (Å²) in [6.45, 7) is 4.47. The molecule has 3 rings (SSSR count). The molecule has 0 aliphatic heterocycles. The average molecular weight is 462 g/mol. The molecule has 0 atom stereocenters. The Kier molecular flexibility index (Phi) is 7.26. The molecule has 0 saturated carbocycles. The molecule has 32 heavy (non-hydrogen) atoms. The number of methoxy groups -OCH3 is 2. The molecule has 2 aromatic heterocycles. The Labute approximate surface area is 191 Å². The van der Waals surface area contributed by atoms with Crippen molar-refractivity contribution in [2.75, 3.05) is 20.8 Å². The number of ether oxygens (including phenoxy) is 2. The van der Waals surface area contributed by atoms with Crippen molar-refractivity contribution in [3.05, 3.63) is 39.7 Å². The lowest BCUT2D eigenvalue weighted by molar-refractivity contribution is -0.140. The van der Waals surface area contributed by atoms with E-state index in [-0.39, 0.29) is 19.0 Å². The summed E-state index contributed by atoms with van der Waals surface area (Å²) in [5.41, 5.74) is 5.24. The van der Waals surface area contributed by atoms with Crippen LogP contribution in [0.5, 0.6) is 0 Å². The molecule has 0 aliphatic rings. The number of esters is 2. The maximum absolute atomic E-state index is 12.7. The van der Waals surface area contributed by atoms with Gasteiger partial charge in [0.25, 0.3) is 0 Å². The number of benzene rings is 1. The summed E-state index contributed by atoms with van der Waals surface area (Å²) in [6.07, 6.45) is 0.994. The Hall–Kier alpha value is -2.84. The number of aliphatic hydroxyl groups is 1. The van der Waals surface area contributed by atoms with Crippen molar-refractivity contribution in [1.82, 2.24) is 14.3 Å². The fourth-order valence-corrected chi connectivity index (χ4v) is 4.38. The molecule has 1 N–H and O–H groups in total. The molecule has 0 amide bonds. The number of aryl methyl sites for hydroxylation is 4. The van der Waals surface area contributed by atoms with Gasteiger partial charge in [0.2, 0.25) is 0 Å². The number of aliphatic hydroxyl groups excluding tert-OH is 1. The van der Waals surface area contributed by atoms with Crippen LogP contribution < -0.4 is 0 Å². The van der Waals surface area contributed by atoms with Crippen LogP contribution in [0.15, 0.2) is 12.1 Å². The van der Waals surface area contributed by atoms with Crippen molar-refractivity contribution in [2.24, 2.45) is 7.05 Å². The maximum Gasteiger partial charge on any atom is 0.354 e. The number of carbonyl (C=O) groups is 2. The third-order valence-electron chi connectivity index (χ3n) is 5.79. The Bertz CT molecular complexity index is 1180. The summed E-state index contributed by atoms with van der Waals surface area (Å²) >= 11 is 6.73. The van der Waals surface area contributed by atoms with E-state index < -0.39 is 5.97 Å². The molecule has 0 bridgehead atoms. The highest BCUT2D eigenvalue weighted by molar-refractivity contribution is 6.35. The third kappa shape index (κ3) is 4.12. The van der Waals surface area contributed by atoms with Crippen molar-refractivity contribution in [1.29, 1.82) is 0 Å². The second-order valence-electron chi connectivity index (χ2n) is 7.63. The van der Waals surface area contributed by atoms with Gasteiger partial charge in [0, 0.05) is 37.6 Å². The Balaban J connectivity index is 2.35. The van der Waals surface area contributed by atoms with E-state index in [1.807, 2.05) is 24.6 Å². The Morgan fingerprint density at radius 1 is 1.19 bits per heavy atom. The molecule has 2 heterocycles. The maximum atomic E-state index is 12.7. The van der Waals surface area contributed by atoms with E-state index in [4.69, 9.17) is 21.1 Å². The predicted octanol–water partition coefficient (Wildman–Crippen LogP) is 3.59. The first-order valence-electron chi connectivity index (χ1n) is 10.4. The number of halogens is 1. The van der Waals surface area contributed by atoms with Gasteiger partial charge in [-0.25, -0.2) is 4.79 Å². The average Bonchev–Trinajstić information content (AvgIpc) is 3.22. The SMILES string of the molecule is COC(=O)CCc1c(C(=O)OC)n(C)c2c(-c3c(C)c(C)nn3CCCO)c(Cl)ccc12. The molecule has 3 aromatic rings. The highest BCUT2D eigenvalue weighted by Crippen LogP contribution is 2.41. The second kappa shape index (κ2) is 9.75. The second-order valence-corrected chi connectivity index (χ2v) is 8.04. The lowest BCUT2D eigenvalue weighted by Crippen LogP contribution is -2.12. The standard InChI is InChI=1S/C23H28ClN3O5/c1-13-14(2)25-27(11-6-12-28)20(13)19-17(24)9-7-15-16(8-10-18(29)31-4)22(23(30)32-5)26(3)21(15)19/h7,9,28H,6,8,10-12H2,1-5H3. The van der Waals surface area contributed by atoms with Crippen LogP contribution in [-0.2, 0) is 34.3 Å². The summed E-state index contributed by atoms with van der Waals surface area (Å²) < 4.78 is 13.5. The van der Waals surface area contributed by atoms with E-state index >= 15 is 0 Å².